The van der Waals surface area contributed by atoms with Crippen molar-refractivity contribution in [2.24, 2.45) is 0 Å². The number of carbonyl (C=O) groups excluding carboxylic acids is 1. The zero-order valence-electron chi connectivity index (χ0n) is 16.0. The van der Waals surface area contributed by atoms with E-state index in [1.807, 2.05) is 52.0 Å². The molecule has 27 heavy (non-hydrogen) atoms. The smallest absolute Gasteiger partial charge is 0.263 e. The Kier molecular flexibility index (Phi) is 6.01. The number of hydrogen-bond donors (Lipinski definition) is 1. The van der Waals surface area contributed by atoms with Crippen molar-refractivity contribution < 1.29 is 4.79 Å². The molecule has 0 aliphatic heterocycles. The minimum Gasteiger partial charge on any atom is -0.351 e. The number of hydrogen-bond acceptors (Lipinski definition) is 5. The summed E-state index contributed by atoms with van der Waals surface area (Å²) in [5.74, 6) is 0.159. The first kappa shape index (κ1) is 19.6. The summed E-state index contributed by atoms with van der Waals surface area (Å²) in [4.78, 5) is 31.6. The lowest BCUT2D eigenvalue weighted by atomic mass is 10.1. The summed E-state index contributed by atoms with van der Waals surface area (Å²) >= 11 is 2.84. The number of nitrogens with zero attached hydrogens (tertiary/aromatic N) is 2. The van der Waals surface area contributed by atoms with Gasteiger partial charge in [-0.3, -0.25) is 14.2 Å². The van der Waals surface area contributed by atoms with Gasteiger partial charge in [0.05, 0.1) is 11.1 Å². The van der Waals surface area contributed by atoms with Gasteiger partial charge < -0.3 is 5.32 Å². The van der Waals surface area contributed by atoms with Crippen LogP contribution in [0.15, 0.2) is 34.2 Å². The number of nitrogens with one attached hydrogen (secondary N) is 1. The fourth-order valence-corrected chi connectivity index (χ4v) is 4.84. The molecule has 142 valence electrons. The van der Waals surface area contributed by atoms with E-state index in [1.165, 1.54) is 23.1 Å². The monoisotopic (exact) mass is 401 g/mol. The molecule has 1 amide bonds. The molecule has 0 fully saturated rings. The molecule has 0 atom stereocenters. The van der Waals surface area contributed by atoms with E-state index in [1.54, 1.807) is 4.57 Å². The largest absolute Gasteiger partial charge is 0.351 e. The highest BCUT2D eigenvalue weighted by Crippen LogP contribution is 2.28. The summed E-state index contributed by atoms with van der Waals surface area (Å²) in [6.07, 6.45) is 0. The molecule has 2 aromatic heterocycles. The molecular weight excluding hydrogens is 378 g/mol. The first-order valence-electron chi connectivity index (χ1n) is 8.87. The Bertz CT molecular complexity index is 1050. The lowest BCUT2D eigenvalue weighted by Gasteiger charge is -2.11. The van der Waals surface area contributed by atoms with Crippen LogP contribution in [0.5, 0.6) is 0 Å². The van der Waals surface area contributed by atoms with Gasteiger partial charge in [-0.2, -0.15) is 0 Å². The van der Waals surface area contributed by atoms with E-state index >= 15 is 0 Å². The number of thioether (sulfide) groups is 1. The predicted octanol–water partition coefficient (Wildman–Crippen LogP) is 3.81. The summed E-state index contributed by atoms with van der Waals surface area (Å²) in [6, 6.07) is 7.98. The maximum atomic E-state index is 12.8. The van der Waals surface area contributed by atoms with Gasteiger partial charge in [-0.1, -0.05) is 36.0 Å². The molecule has 0 saturated carbocycles. The number of thiophene rings is 1. The quantitative estimate of drug-likeness (QED) is 0.504. The SMILES string of the molecule is CCn1c(SCC(=O)NCc2ccccc2C)nc2sc(C)c(C)c2c1=O. The van der Waals surface area contributed by atoms with Gasteiger partial charge in [-0.05, 0) is 44.4 Å². The molecule has 1 aromatic carbocycles. The van der Waals surface area contributed by atoms with Crippen molar-refractivity contribution in [2.45, 2.75) is 45.9 Å². The lowest BCUT2D eigenvalue weighted by molar-refractivity contribution is -0.118. The molecule has 0 unspecified atom stereocenters. The second-order valence-electron chi connectivity index (χ2n) is 6.40. The Balaban J connectivity index is 1.74. The molecule has 0 bridgehead atoms. The second-order valence-corrected chi connectivity index (χ2v) is 8.54. The van der Waals surface area contributed by atoms with Crippen molar-refractivity contribution in [3.63, 3.8) is 0 Å². The number of carbonyl (C=O) groups is 1. The number of benzene rings is 1. The van der Waals surface area contributed by atoms with Crippen molar-refractivity contribution >= 4 is 39.2 Å². The van der Waals surface area contributed by atoms with E-state index in [2.05, 4.69) is 10.3 Å². The third-order valence-electron chi connectivity index (χ3n) is 4.64. The molecule has 3 aromatic rings. The highest BCUT2D eigenvalue weighted by atomic mass is 32.2. The summed E-state index contributed by atoms with van der Waals surface area (Å²) in [5, 5.41) is 4.24. The van der Waals surface area contributed by atoms with Crippen LogP contribution in [0, 0.1) is 20.8 Å². The zero-order chi connectivity index (χ0) is 19.6. The molecule has 0 aliphatic rings. The minimum absolute atomic E-state index is 0.0211. The average Bonchev–Trinajstić information content (AvgIpc) is 2.93. The zero-order valence-corrected chi connectivity index (χ0v) is 17.6. The van der Waals surface area contributed by atoms with Crippen LogP contribution in [0.25, 0.3) is 10.2 Å². The molecule has 2 heterocycles. The van der Waals surface area contributed by atoms with Gasteiger partial charge in [0.15, 0.2) is 5.16 Å². The fourth-order valence-electron chi connectivity index (χ4n) is 2.88. The summed E-state index contributed by atoms with van der Waals surface area (Å²) in [6.45, 7) is 8.95. The van der Waals surface area contributed by atoms with E-state index in [-0.39, 0.29) is 17.2 Å². The summed E-state index contributed by atoms with van der Waals surface area (Å²) < 4.78 is 1.65. The Morgan fingerprint density at radius 1 is 1.26 bits per heavy atom. The molecule has 0 saturated heterocycles. The van der Waals surface area contributed by atoms with E-state index in [9.17, 15) is 9.59 Å². The Morgan fingerprint density at radius 3 is 2.70 bits per heavy atom. The van der Waals surface area contributed by atoms with Gasteiger partial charge in [-0.15, -0.1) is 11.3 Å². The summed E-state index contributed by atoms with van der Waals surface area (Å²) in [5.41, 5.74) is 3.24. The molecule has 0 aliphatic carbocycles. The van der Waals surface area contributed by atoms with Crippen molar-refractivity contribution in [1.82, 2.24) is 14.9 Å². The molecule has 3 rings (SSSR count). The molecule has 1 N–H and O–H groups in total. The number of aromatic nitrogens is 2. The van der Waals surface area contributed by atoms with Gasteiger partial charge in [0, 0.05) is 18.0 Å². The second kappa shape index (κ2) is 8.27. The van der Waals surface area contributed by atoms with Crippen molar-refractivity contribution in [3.05, 3.63) is 56.2 Å². The Morgan fingerprint density at radius 2 is 2.00 bits per heavy atom. The van der Waals surface area contributed by atoms with E-state index in [0.29, 0.717) is 23.6 Å². The van der Waals surface area contributed by atoms with Crippen LogP contribution >= 0.6 is 23.1 Å². The van der Waals surface area contributed by atoms with Crippen molar-refractivity contribution in [3.8, 4) is 0 Å². The Labute approximate surface area is 166 Å². The number of rotatable bonds is 6. The van der Waals surface area contributed by atoms with Crippen LogP contribution in [-0.2, 0) is 17.9 Å². The van der Waals surface area contributed by atoms with Crippen molar-refractivity contribution in [2.75, 3.05) is 5.75 Å². The third kappa shape index (κ3) is 4.09. The van der Waals surface area contributed by atoms with Crippen molar-refractivity contribution in [1.29, 1.82) is 0 Å². The first-order chi connectivity index (χ1) is 12.9. The van der Waals surface area contributed by atoms with Gasteiger partial charge in [0.1, 0.15) is 4.83 Å². The van der Waals surface area contributed by atoms with Gasteiger partial charge in [0.2, 0.25) is 5.91 Å². The van der Waals surface area contributed by atoms with E-state index in [0.717, 1.165) is 26.4 Å². The first-order valence-corrected chi connectivity index (χ1v) is 10.7. The van der Waals surface area contributed by atoms with E-state index < -0.39 is 0 Å². The fraction of sp³-hybridized carbons (Fsp3) is 0.350. The standard InChI is InChI=1S/C20H23N3O2S2/c1-5-23-19(25)17-13(3)14(4)27-18(17)22-20(23)26-11-16(24)21-10-15-9-7-6-8-12(15)2/h6-9H,5,10-11H2,1-4H3,(H,21,24). The third-order valence-corrected chi connectivity index (χ3v) is 6.72. The molecule has 0 radical (unpaired) electrons. The van der Waals surface area contributed by atoms with Crippen LogP contribution in [0.2, 0.25) is 0 Å². The highest BCUT2D eigenvalue weighted by Gasteiger charge is 2.16. The Hall–Kier alpha value is -2.12. The maximum absolute atomic E-state index is 12.8. The minimum atomic E-state index is -0.0706. The average molecular weight is 402 g/mol. The van der Waals surface area contributed by atoms with Crippen LogP contribution < -0.4 is 10.9 Å². The van der Waals surface area contributed by atoms with Crippen LogP contribution in [-0.4, -0.2) is 21.2 Å². The topological polar surface area (TPSA) is 64.0 Å². The lowest BCUT2D eigenvalue weighted by Crippen LogP contribution is -2.26. The number of aryl methyl sites for hydroxylation is 3. The normalized spacial score (nSPS) is 11.1. The van der Waals surface area contributed by atoms with Crippen LogP contribution in [0.4, 0.5) is 0 Å². The van der Waals surface area contributed by atoms with Gasteiger partial charge >= 0.3 is 0 Å². The molecule has 0 spiro atoms. The number of fused-ring (bicyclic) bond motifs is 1. The summed E-state index contributed by atoms with van der Waals surface area (Å²) in [7, 11) is 0. The highest BCUT2D eigenvalue weighted by molar-refractivity contribution is 7.99. The molecule has 5 nitrogen and oxygen atoms in total. The van der Waals surface area contributed by atoms with Crippen LogP contribution in [0.3, 0.4) is 0 Å². The number of amides is 1. The van der Waals surface area contributed by atoms with E-state index in [4.69, 9.17) is 0 Å². The molecule has 7 heteroatoms. The van der Waals surface area contributed by atoms with Gasteiger partial charge in [-0.25, -0.2) is 4.98 Å². The maximum Gasteiger partial charge on any atom is 0.263 e. The predicted molar refractivity (Wildman–Crippen MR) is 113 cm³/mol. The molecular formula is C20H23N3O2S2. The van der Waals surface area contributed by atoms with Crippen LogP contribution in [0.1, 0.15) is 28.5 Å². The van der Waals surface area contributed by atoms with Gasteiger partial charge in [0.25, 0.3) is 5.56 Å².